The lowest BCUT2D eigenvalue weighted by molar-refractivity contribution is -0.122. The minimum absolute atomic E-state index is 0.0268. The zero-order chi connectivity index (χ0) is 16.4. The van der Waals surface area contributed by atoms with Crippen molar-refractivity contribution in [1.82, 2.24) is 10.6 Å². The fraction of sp³-hybridized carbons (Fsp3) is 0.500. The first-order valence-corrected chi connectivity index (χ1v) is 7.55. The molecular formula is C16H25N3O3. The molecule has 1 unspecified atom stereocenters. The minimum atomic E-state index is -0.205. The Hall–Kier alpha value is -2.08. The molecule has 22 heavy (non-hydrogen) atoms. The van der Waals surface area contributed by atoms with Gasteiger partial charge in [-0.3, -0.25) is 9.59 Å². The van der Waals surface area contributed by atoms with Crippen LogP contribution in [0.5, 0.6) is 5.75 Å². The molecule has 1 rings (SSSR count). The number of ether oxygens (including phenoxy) is 1. The lowest BCUT2D eigenvalue weighted by atomic mass is 10.1. The first kappa shape index (κ1) is 18.0. The average molecular weight is 307 g/mol. The van der Waals surface area contributed by atoms with E-state index in [2.05, 4.69) is 10.6 Å². The summed E-state index contributed by atoms with van der Waals surface area (Å²) in [5, 5.41) is 5.57. The van der Waals surface area contributed by atoms with E-state index < -0.39 is 0 Å². The molecule has 1 atom stereocenters. The molecule has 4 N–H and O–H groups in total. The van der Waals surface area contributed by atoms with E-state index >= 15 is 0 Å². The summed E-state index contributed by atoms with van der Waals surface area (Å²) in [6.07, 6.45) is 0.958. The second kappa shape index (κ2) is 9.78. The van der Waals surface area contributed by atoms with Crippen molar-refractivity contribution in [1.29, 1.82) is 0 Å². The van der Waals surface area contributed by atoms with Crippen LogP contribution in [-0.4, -0.2) is 31.5 Å². The van der Waals surface area contributed by atoms with Gasteiger partial charge in [0.25, 0.3) is 0 Å². The molecule has 0 heterocycles. The fourth-order valence-electron chi connectivity index (χ4n) is 1.97. The van der Waals surface area contributed by atoms with Crippen molar-refractivity contribution in [2.24, 2.45) is 5.73 Å². The number of carbonyl (C=O) groups excluding carboxylic acids is 2. The molecule has 6 heteroatoms. The van der Waals surface area contributed by atoms with Crippen molar-refractivity contribution in [3.8, 4) is 5.75 Å². The number of benzene rings is 1. The van der Waals surface area contributed by atoms with E-state index in [0.29, 0.717) is 26.0 Å². The predicted molar refractivity (Wildman–Crippen MR) is 85.5 cm³/mol. The molecule has 0 saturated carbocycles. The van der Waals surface area contributed by atoms with Crippen LogP contribution < -0.4 is 21.1 Å². The standard InChI is InChI=1S/C16H25N3O3/c1-3-22-14-8-6-13(7-9-14)12(2)19-15(20)5-4-10-18-16(21)11-17/h6-9,12H,3-5,10-11,17H2,1-2H3,(H,18,21)(H,19,20). The number of carbonyl (C=O) groups is 2. The minimum Gasteiger partial charge on any atom is -0.494 e. The SMILES string of the molecule is CCOc1ccc(C(C)NC(=O)CCCNC(=O)CN)cc1. The van der Waals surface area contributed by atoms with Crippen LogP contribution in [-0.2, 0) is 9.59 Å². The van der Waals surface area contributed by atoms with Gasteiger partial charge in [-0.1, -0.05) is 12.1 Å². The Morgan fingerprint density at radius 2 is 1.91 bits per heavy atom. The molecule has 0 aliphatic carbocycles. The molecule has 122 valence electrons. The number of nitrogens with two attached hydrogens (primary N) is 1. The Balaban J connectivity index is 2.32. The first-order chi connectivity index (χ1) is 10.6. The topological polar surface area (TPSA) is 93.5 Å². The normalized spacial score (nSPS) is 11.6. The van der Waals surface area contributed by atoms with Gasteiger partial charge in [-0.05, 0) is 38.0 Å². The van der Waals surface area contributed by atoms with E-state index in [0.717, 1.165) is 11.3 Å². The van der Waals surface area contributed by atoms with Crippen molar-refractivity contribution in [2.75, 3.05) is 19.7 Å². The molecule has 0 aliphatic heterocycles. The fourth-order valence-corrected chi connectivity index (χ4v) is 1.97. The highest BCUT2D eigenvalue weighted by Gasteiger charge is 2.09. The molecule has 1 aromatic rings. The second-order valence-corrected chi connectivity index (χ2v) is 4.95. The molecule has 1 aromatic carbocycles. The van der Waals surface area contributed by atoms with Gasteiger partial charge in [0.15, 0.2) is 0 Å². The Morgan fingerprint density at radius 3 is 2.50 bits per heavy atom. The van der Waals surface area contributed by atoms with Crippen LogP contribution in [0.1, 0.15) is 38.3 Å². The molecule has 0 fully saturated rings. The summed E-state index contributed by atoms with van der Waals surface area (Å²) in [5.41, 5.74) is 6.20. The summed E-state index contributed by atoms with van der Waals surface area (Å²) in [4.78, 5) is 22.8. The van der Waals surface area contributed by atoms with Gasteiger partial charge in [-0.15, -0.1) is 0 Å². The van der Waals surface area contributed by atoms with Crippen LogP contribution in [0.25, 0.3) is 0 Å². The predicted octanol–water partition coefficient (Wildman–Crippen LogP) is 1.12. The second-order valence-electron chi connectivity index (χ2n) is 4.95. The largest absolute Gasteiger partial charge is 0.494 e. The zero-order valence-electron chi connectivity index (χ0n) is 13.2. The van der Waals surface area contributed by atoms with Crippen LogP contribution >= 0.6 is 0 Å². The van der Waals surface area contributed by atoms with Crippen molar-refractivity contribution in [3.63, 3.8) is 0 Å². The number of nitrogens with one attached hydrogen (secondary N) is 2. The molecule has 0 saturated heterocycles. The van der Waals surface area contributed by atoms with Crippen molar-refractivity contribution >= 4 is 11.8 Å². The van der Waals surface area contributed by atoms with E-state index in [-0.39, 0.29) is 24.4 Å². The molecule has 0 aliphatic rings. The summed E-state index contributed by atoms with van der Waals surface area (Å²) in [7, 11) is 0. The van der Waals surface area contributed by atoms with Crippen molar-refractivity contribution in [2.45, 2.75) is 32.7 Å². The average Bonchev–Trinajstić information content (AvgIpc) is 2.52. The van der Waals surface area contributed by atoms with Crippen LogP contribution in [0, 0.1) is 0 Å². The van der Waals surface area contributed by atoms with E-state index in [1.165, 1.54) is 0 Å². The van der Waals surface area contributed by atoms with Crippen LogP contribution in [0.15, 0.2) is 24.3 Å². The van der Waals surface area contributed by atoms with E-state index in [4.69, 9.17) is 10.5 Å². The third-order valence-electron chi connectivity index (χ3n) is 3.16. The number of hydrogen-bond acceptors (Lipinski definition) is 4. The van der Waals surface area contributed by atoms with Gasteiger partial charge in [-0.2, -0.15) is 0 Å². The Labute approximate surface area is 131 Å². The summed E-state index contributed by atoms with van der Waals surface area (Å²) < 4.78 is 5.38. The smallest absolute Gasteiger partial charge is 0.233 e. The van der Waals surface area contributed by atoms with Gasteiger partial charge >= 0.3 is 0 Å². The molecule has 0 radical (unpaired) electrons. The van der Waals surface area contributed by atoms with E-state index in [1.54, 1.807) is 0 Å². The lowest BCUT2D eigenvalue weighted by Crippen LogP contribution is -2.32. The number of rotatable bonds is 9. The maximum atomic E-state index is 11.8. The summed E-state index contributed by atoms with van der Waals surface area (Å²) in [6, 6.07) is 7.60. The van der Waals surface area contributed by atoms with Gasteiger partial charge in [0.1, 0.15) is 5.75 Å². The van der Waals surface area contributed by atoms with Gasteiger partial charge < -0.3 is 21.1 Å². The number of amides is 2. The summed E-state index contributed by atoms with van der Waals surface area (Å²) in [6.45, 7) is 4.94. The molecular weight excluding hydrogens is 282 g/mol. The first-order valence-electron chi connectivity index (χ1n) is 7.55. The van der Waals surface area contributed by atoms with Crippen molar-refractivity contribution < 1.29 is 14.3 Å². The third kappa shape index (κ3) is 6.58. The zero-order valence-corrected chi connectivity index (χ0v) is 13.2. The van der Waals surface area contributed by atoms with E-state index in [1.807, 2.05) is 38.1 Å². The third-order valence-corrected chi connectivity index (χ3v) is 3.16. The molecule has 0 aromatic heterocycles. The summed E-state index contributed by atoms with van der Waals surface area (Å²) >= 11 is 0. The van der Waals surface area contributed by atoms with E-state index in [9.17, 15) is 9.59 Å². The number of hydrogen-bond donors (Lipinski definition) is 3. The highest BCUT2D eigenvalue weighted by molar-refractivity contribution is 5.78. The van der Waals surface area contributed by atoms with Crippen LogP contribution in [0.3, 0.4) is 0 Å². The lowest BCUT2D eigenvalue weighted by Gasteiger charge is -2.15. The maximum absolute atomic E-state index is 11.8. The van der Waals surface area contributed by atoms with Gasteiger partial charge in [0, 0.05) is 13.0 Å². The maximum Gasteiger partial charge on any atom is 0.233 e. The van der Waals surface area contributed by atoms with Crippen LogP contribution in [0.4, 0.5) is 0 Å². The Kier molecular flexibility index (Phi) is 7.99. The Bertz CT molecular complexity index is 474. The summed E-state index contributed by atoms with van der Waals surface area (Å²) in [5.74, 6) is 0.576. The quantitative estimate of drug-likeness (QED) is 0.596. The van der Waals surface area contributed by atoms with Gasteiger partial charge in [0.05, 0.1) is 19.2 Å². The molecule has 0 bridgehead atoms. The highest BCUT2D eigenvalue weighted by Crippen LogP contribution is 2.17. The molecule has 6 nitrogen and oxygen atoms in total. The van der Waals surface area contributed by atoms with Crippen LogP contribution in [0.2, 0.25) is 0 Å². The van der Waals surface area contributed by atoms with Gasteiger partial charge in [0.2, 0.25) is 11.8 Å². The highest BCUT2D eigenvalue weighted by atomic mass is 16.5. The molecule has 2 amide bonds. The molecule has 0 spiro atoms. The Morgan fingerprint density at radius 1 is 1.23 bits per heavy atom. The van der Waals surface area contributed by atoms with Gasteiger partial charge in [-0.25, -0.2) is 0 Å². The monoisotopic (exact) mass is 307 g/mol. The van der Waals surface area contributed by atoms with Crippen molar-refractivity contribution in [3.05, 3.63) is 29.8 Å².